The number of allylic oxidation sites excluding steroid dienone is 3. The van der Waals surface area contributed by atoms with E-state index < -0.39 is 76.8 Å². The number of rotatable bonds is 12. The van der Waals surface area contributed by atoms with Crippen molar-refractivity contribution in [1.29, 1.82) is 0 Å². The van der Waals surface area contributed by atoms with Crippen LogP contribution in [0.2, 0.25) is 5.02 Å². The van der Waals surface area contributed by atoms with E-state index in [0.717, 1.165) is 36.8 Å². The number of hydrogen-bond donors (Lipinski definition) is 2. The van der Waals surface area contributed by atoms with Crippen molar-refractivity contribution >= 4 is 70.5 Å². The molecule has 4 bridgehead atoms. The van der Waals surface area contributed by atoms with Crippen LogP contribution in [0.3, 0.4) is 0 Å². The monoisotopic (exact) mass is 972 g/mol. The standard InChI is InChI=1S/C48H65ClN4O13S/c1-26-11-10-12-37(63-9)48(61)24-35(64-46(60)50-48)27(2)43-47(5,66-43)38(23-40(56)52(7)33-20-31(19-26)21-34(62-8)42(33)49)65-45(59)28(3)51(6)39(55)17-18-67-36-22-41(57)53(44(36)58)25-30-13-15-32(16-14-30)29(4)54/h10-12,20-21,27-28,30,32,35-38,43,61H,13-19,22-25H2,1-9H3,(H,50,60)/b12-10+,26-11+/t27-,28+,30?,32?,35+,36-,37-,38+,43+,47+,48+/m1/s1. The lowest BCUT2D eigenvalue weighted by Gasteiger charge is -2.42. The van der Waals surface area contributed by atoms with Crippen molar-refractivity contribution in [3.05, 3.63) is 46.5 Å². The molecular weight excluding hydrogens is 908 g/mol. The third-order valence-corrected chi connectivity index (χ3v) is 15.8. The second-order valence-corrected chi connectivity index (χ2v) is 20.6. The molecule has 9 atom stereocenters. The predicted molar refractivity (Wildman–Crippen MR) is 249 cm³/mol. The Morgan fingerprint density at radius 1 is 1.09 bits per heavy atom. The quantitative estimate of drug-likeness (QED) is 0.158. The van der Waals surface area contributed by atoms with Crippen LogP contribution in [0.25, 0.3) is 0 Å². The Balaban J connectivity index is 1.16. The van der Waals surface area contributed by atoms with Gasteiger partial charge in [0.1, 0.15) is 46.5 Å². The van der Waals surface area contributed by atoms with Crippen molar-refractivity contribution in [2.75, 3.05) is 45.5 Å². The smallest absolute Gasteiger partial charge is 0.409 e. The van der Waals surface area contributed by atoms with Crippen LogP contribution < -0.4 is 15.0 Å². The van der Waals surface area contributed by atoms with E-state index in [1.807, 2.05) is 13.0 Å². The number of likely N-dealkylation sites (N-methyl/N-ethyl adjacent to an activating group) is 1. The normalized spacial score (nSPS) is 33.1. The summed E-state index contributed by atoms with van der Waals surface area (Å²) in [5, 5.41) is 13.9. The number of benzene rings is 1. The summed E-state index contributed by atoms with van der Waals surface area (Å²) in [4.78, 5) is 96.8. The van der Waals surface area contributed by atoms with Crippen molar-refractivity contribution in [2.45, 2.75) is 139 Å². The number of carbonyl (C=O) groups excluding carboxylic acids is 7. The van der Waals surface area contributed by atoms with E-state index in [1.165, 1.54) is 54.7 Å². The highest BCUT2D eigenvalue weighted by Crippen LogP contribution is 2.49. The van der Waals surface area contributed by atoms with Gasteiger partial charge < -0.3 is 38.6 Å². The molecule has 0 radical (unpaired) electrons. The van der Waals surface area contributed by atoms with E-state index in [9.17, 15) is 38.7 Å². The maximum atomic E-state index is 14.3. The summed E-state index contributed by atoms with van der Waals surface area (Å²) >= 11 is 8.04. The number of hydrogen-bond acceptors (Lipinski definition) is 14. The van der Waals surface area contributed by atoms with E-state index in [2.05, 4.69) is 5.32 Å². The Labute approximate surface area is 401 Å². The van der Waals surface area contributed by atoms with Gasteiger partial charge in [0.05, 0.1) is 30.6 Å². The first kappa shape index (κ1) is 51.9. The summed E-state index contributed by atoms with van der Waals surface area (Å²) in [6, 6.07) is 2.43. The van der Waals surface area contributed by atoms with Crippen LogP contribution in [0, 0.1) is 17.8 Å². The van der Waals surface area contributed by atoms with E-state index in [0.29, 0.717) is 24.4 Å². The first-order valence-electron chi connectivity index (χ1n) is 22.9. The maximum absolute atomic E-state index is 14.3. The first-order chi connectivity index (χ1) is 31.6. The number of alkyl carbamates (subject to hydrolysis) is 1. The van der Waals surface area contributed by atoms with Crippen LogP contribution in [0.4, 0.5) is 10.5 Å². The lowest BCUT2D eigenvalue weighted by atomic mass is 9.80. The summed E-state index contributed by atoms with van der Waals surface area (Å²) in [5.41, 5.74) is -1.13. The number of nitrogens with zero attached hydrogens (tertiary/aromatic N) is 3. The van der Waals surface area contributed by atoms with Crippen LogP contribution in [0.15, 0.2) is 35.9 Å². The van der Waals surface area contributed by atoms with Gasteiger partial charge in [-0.2, -0.15) is 0 Å². The van der Waals surface area contributed by atoms with Gasteiger partial charge in [0.25, 0.3) is 0 Å². The van der Waals surface area contributed by atoms with Crippen LogP contribution in [-0.4, -0.2) is 144 Å². The Hall–Kier alpha value is -4.49. The number of likely N-dealkylation sites (tertiary alicyclic amines) is 1. The molecular formula is C48H65ClN4O13S. The molecule has 0 spiro atoms. The summed E-state index contributed by atoms with van der Waals surface area (Å²) in [5.74, 6) is -1.84. The average molecular weight is 974 g/mol. The molecule has 0 aromatic heterocycles. The third kappa shape index (κ3) is 11.7. The lowest BCUT2D eigenvalue weighted by Crippen LogP contribution is -2.63. The van der Waals surface area contributed by atoms with Crippen LogP contribution in [0.1, 0.15) is 91.5 Å². The fraction of sp³-hybridized carbons (Fsp3) is 0.646. The number of aliphatic hydroxyl groups is 1. The van der Waals surface area contributed by atoms with Crippen molar-refractivity contribution in [3.8, 4) is 5.75 Å². The number of imide groups is 1. The number of nitrogens with one attached hydrogen (secondary N) is 1. The number of epoxide rings is 1. The number of fused-ring (bicyclic) bond motifs is 5. The van der Waals surface area contributed by atoms with Crippen LogP contribution in [0.5, 0.6) is 5.75 Å². The zero-order valence-corrected chi connectivity index (χ0v) is 41.4. The van der Waals surface area contributed by atoms with Crippen LogP contribution >= 0.6 is 23.4 Å². The Morgan fingerprint density at radius 2 is 1.79 bits per heavy atom. The summed E-state index contributed by atoms with van der Waals surface area (Å²) in [7, 11) is 5.91. The van der Waals surface area contributed by atoms with Crippen molar-refractivity contribution in [3.63, 3.8) is 0 Å². The summed E-state index contributed by atoms with van der Waals surface area (Å²) in [6.45, 7) is 8.82. The second kappa shape index (κ2) is 21.4. The van der Waals surface area contributed by atoms with Gasteiger partial charge in [0.15, 0.2) is 5.72 Å². The largest absolute Gasteiger partial charge is 0.495 e. The first-order valence-corrected chi connectivity index (χ1v) is 24.3. The van der Waals surface area contributed by atoms with Gasteiger partial charge in [0.2, 0.25) is 23.6 Å². The van der Waals surface area contributed by atoms with Gasteiger partial charge >= 0.3 is 12.1 Å². The fourth-order valence-electron chi connectivity index (χ4n) is 9.67. The minimum atomic E-state index is -1.87. The van der Waals surface area contributed by atoms with E-state index in [1.54, 1.807) is 52.1 Å². The third-order valence-electron chi connectivity index (χ3n) is 14.2. The molecule has 19 heteroatoms. The molecule has 1 saturated carbocycles. The number of esters is 1. The molecule has 4 heterocycles. The van der Waals surface area contributed by atoms with E-state index >= 15 is 0 Å². The molecule has 4 fully saturated rings. The minimum Gasteiger partial charge on any atom is -0.495 e. The lowest BCUT2D eigenvalue weighted by molar-refractivity contribution is -0.162. The van der Waals surface area contributed by atoms with Crippen molar-refractivity contribution in [2.24, 2.45) is 17.8 Å². The molecule has 67 heavy (non-hydrogen) atoms. The molecule has 4 aliphatic heterocycles. The Kier molecular flexibility index (Phi) is 16.6. The highest BCUT2D eigenvalue weighted by molar-refractivity contribution is 8.00. The molecule has 3 saturated heterocycles. The van der Waals surface area contributed by atoms with Crippen LogP contribution in [-0.2, 0) is 54.1 Å². The number of anilines is 1. The zero-order chi connectivity index (χ0) is 49.1. The van der Waals surface area contributed by atoms with Gasteiger partial charge in [0, 0.05) is 64.6 Å². The SMILES string of the molecule is COc1cc2cc(c1Cl)N(C)C(=O)C[C@H](OC(=O)[C@H](C)N(C)C(=O)CCS[C@@H]1CC(=O)N(CC3CCC(C(C)=O)CC3)C1=O)[C@]1(C)O[C@H]1[C@H](C)[C@@H]1C[C@@](O)(NC(=O)O1)[C@H](OC)/C=C/C=C(\C)C2. The number of ketones is 1. The predicted octanol–water partition coefficient (Wildman–Crippen LogP) is 5.16. The summed E-state index contributed by atoms with van der Waals surface area (Å²) in [6.07, 6.45) is 3.60. The van der Waals surface area contributed by atoms with Gasteiger partial charge in [-0.1, -0.05) is 42.3 Å². The van der Waals surface area contributed by atoms with Gasteiger partial charge in [-0.05, 0) is 83.4 Å². The fourth-order valence-corrected chi connectivity index (χ4v) is 11.1. The van der Waals surface area contributed by atoms with Gasteiger partial charge in [-0.25, -0.2) is 9.59 Å². The topological polar surface area (TPSA) is 211 Å². The number of Topliss-reactive ketones (excluding diaryl/α,β-unsaturated/α-hetero) is 1. The molecule has 1 aromatic rings. The molecule has 0 unspecified atom stereocenters. The molecule has 5 amide bonds. The molecule has 6 rings (SSSR count). The van der Waals surface area contributed by atoms with Crippen molar-refractivity contribution < 1.29 is 62.4 Å². The highest BCUT2D eigenvalue weighted by Gasteiger charge is 2.64. The molecule has 5 aliphatic rings. The number of amides is 5. The van der Waals surface area contributed by atoms with Crippen molar-refractivity contribution in [1.82, 2.24) is 15.1 Å². The average Bonchev–Trinajstić information content (AvgIpc) is 3.91. The number of carbonyl (C=O) groups is 7. The summed E-state index contributed by atoms with van der Waals surface area (Å²) < 4.78 is 29.4. The molecule has 17 nitrogen and oxygen atoms in total. The van der Waals surface area contributed by atoms with E-state index in [4.69, 9.17) is 35.3 Å². The second-order valence-electron chi connectivity index (χ2n) is 18.9. The van der Waals surface area contributed by atoms with E-state index in [-0.39, 0.29) is 65.9 Å². The molecule has 2 N–H and O–H groups in total. The Morgan fingerprint density at radius 3 is 2.45 bits per heavy atom. The number of methoxy groups -OCH3 is 2. The van der Waals surface area contributed by atoms with Gasteiger partial charge in [-0.15, -0.1) is 11.8 Å². The minimum absolute atomic E-state index is 0.0292. The molecule has 368 valence electrons. The number of ether oxygens (including phenoxy) is 5. The Bertz CT molecular complexity index is 2160. The maximum Gasteiger partial charge on any atom is 0.409 e. The highest BCUT2D eigenvalue weighted by atomic mass is 35.5. The molecule has 1 aromatic carbocycles. The van der Waals surface area contributed by atoms with Gasteiger partial charge in [-0.3, -0.25) is 34.2 Å². The molecule has 1 aliphatic carbocycles. The zero-order valence-electron chi connectivity index (χ0n) is 39.8. The number of thioether (sulfide) groups is 1. The number of halogens is 1.